The monoisotopic (exact) mass is 316 g/mol. The van der Waals surface area contributed by atoms with E-state index in [4.69, 9.17) is 5.73 Å². The average Bonchev–Trinajstić information content (AvgIpc) is 2.58. The Morgan fingerprint density at radius 1 is 1.09 bits per heavy atom. The smallest absolute Gasteiger partial charge is 0.220 e. The fourth-order valence-corrected chi connectivity index (χ4v) is 2.74. The first-order valence-corrected chi connectivity index (χ1v) is 7.83. The van der Waals surface area contributed by atoms with Gasteiger partial charge in [0.05, 0.1) is 11.9 Å². The summed E-state index contributed by atoms with van der Waals surface area (Å²) in [5, 5.41) is 0. The molecule has 1 fully saturated rings. The van der Waals surface area contributed by atoms with Crippen molar-refractivity contribution in [2.75, 3.05) is 38.5 Å². The molecule has 2 aromatic rings. The Kier molecular flexibility index (Phi) is 4.78. The van der Waals surface area contributed by atoms with Gasteiger partial charge in [0, 0.05) is 38.9 Å². The quantitative estimate of drug-likeness (QED) is 0.919. The summed E-state index contributed by atoms with van der Waals surface area (Å²) in [6.07, 6.45) is 2.85. The van der Waals surface area contributed by atoms with Crippen LogP contribution in [0.3, 0.4) is 0 Å². The molecule has 6 nitrogen and oxygen atoms in total. The van der Waals surface area contributed by atoms with Crippen molar-refractivity contribution in [3.8, 4) is 11.4 Å². The SMILES string of the molecule is CCN1CCN(Cc2ccc(-c3nc(N)ncc3F)nc2)CC1. The highest BCUT2D eigenvalue weighted by Gasteiger charge is 2.16. The number of nitrogens with two attached hydrogens (primary N) is 1. The molecule has 1 saturated heterocycles. The Morgan fingerprint density at radius 2 is 1.83 bits per heavy atom. The van der Waals surface area contributed by atoms with Gasteiger partial charge in [0.15, 0.2) is 5.82 Å². The molecule has 0 aliphatic carbocycles. The number of hydrogen-bond donors (Lipinski definition) is 1. The van der Waals surface area contributed by atoms with Crippen molar-refractivity contribution >= 4 is 5.95 Å². The van der Waals surface area contributed by atoms with Crippen molar-refractivity contribution < 1.29 is 4.39 Å². The highest BCUT2D eigenvalue weighted by Crippen LogP contribution is 2.19. The summed E-state index contributed by atoms with van der Waals surface area (Å²) in [4.78, 5) is 16.7. The van der Waals surface area contributed by atoms with E-state index in [0.29, 0.717) is 5.69 Å². The van der Waals surface area contributed by atoms with E-state index in [0.717, 1.165) is 51.0 Å². The molecule has 0 unspecified atom stereocenters. The molecule has 0 bridgehead atoms. The van der Waals surface area contributed by atoms with E-state index in [9.17, 15) is 4.39 Å². The van der Waals surface area contributed by atoms with Crippen LogP contribution in [0.2, 0.25) is 0 Å². The molecule has 0 saturated carbocycles. The van der Waals surface area contributed by atoms with Crippen molar-refractivity contribution in [1.82, 2.24) is 24.8 Å². The normalized spacial score (nSPS) is 16.6. The lowest BCUT2D eigenvalue weighted by atomic mass is 10.2. The van der Waals surface area contributed by atoms with Crippen LogP contribution in [0.4, 0.5) is 10.3 Å². The van der Waals surface area contributed by atoms with Crippen molar-refractivity contribution in [1.29, 1.82) is 0 Å². The zero-order chi connectivity index (χ0) is 16.2. The molecular formula is C16H21FN6. The standard InChI is InChI=1S/C16H21FN6/c1-2-22-5-7-23(8-6-22)11-12-3-4-14(19-9-12)15-13(17)10-20-16(18)21-15/h3-4,9-10H,2,5-8,11H2,1H3,(H2,18,20,21). The van der Waals surface area contributed by atoms with Gasteiger partial charge in [-0.05, 0) is 18.2 Å². The van der Waals surface area contributed by atoms with Crippen molar-refractivity contribution in [2.45, 2.75) is 13.5 Å². The number of halogens is 1. The number of likely N-dealkylation sites (N-methyl/N-ethyl adjacent to an activating group) is 1. The lowest BCUT2D eigenvalue weighted by molar-refractivity contribution is 0.132. The number of nitrogen functional groups attached to an aromatic ring is 1. The van der Waals surface area contributed by atoms with Crippen molar-refractivity contribution in [3.05, 3.63) is 35.9 Å². The summed E-state index contributed by atoms with van der Waals surface area (Å²) in [7, 11) is 0. The molecule has 1 aliphatic rings. The van der Waals surface area contributed by atoms with E-state index in [1.54, 1.807) is 12.3 Å². The predicted molar refractivity (Wildman–Crippen MR) is 87.0 cm³/mol. The fraction of sp³-hybridized carbons (Fsp3) is 0.438. The van der Waals surface area contributed by atoms with E-state index in [-0.39, 0.29) is 11.6 Å². The van der Waals surface area contributed by atoms with Gasteiger partial charge in [-0.1, -0.05) is 13.0 Å². The summed E-state index contributed by atoms with van der Waals surface area (Å²) in [5.74, 6) is -0.476. The molecule has 1 aliphatic heterocycles. The first-order valence-electron chi connectivity index (χ1n) is 7.83. The van der Waals surface area contributed by atoms with Gasteiger partial charge >= 0.3 is 0 Å². The van der Waals surface area contributed by atoms with Crippen molar-refractivity contribution in [3.63, 3.8) is 0 Å². The van der Waals surface area contributed by atoms with Crippen molar-refractivity contribution in [2.24, 2.45) is 0 Å². The van der Waals surface area contributed by atoms with Gasteiger partial charge < -0.3 is 10.6 Å². The summed E-state index contributed by atoms with van der Waals surface area (Å²) < 4.78 is 13.8. The molecular weight excluding hydrogens is 295 g/mol. The maximum atomic E-state index is 13.8. The van der Waals surface area contributed by atoms with E-state index >= 15 is 0 Å². The van der Waals surface area contributed by atoms with Crippen LogP contribution in [0.5, 0.6) is 0 Å². The molecule has 0 radical (unpaired) electrons. The van der Waals surface area contributed by atoms with Crippen LogP contribution < -0.4 is 5.73 Å². The zero-order valence-electron chi connectivity index (χ0n) is 13.2. The van der Waals surface area contributed by atoms with Crippen LogP contribution in [-0.4, -0.2) is 57.5 Å². The minimum atomic E-state index is -0.518. The molecule has 0 aromatic carbocycles. The minimum absolute atomic E-state index is 0.0427. The Bertz CT molecular complexity index is 652. The molecule has 122 valence electrons. The number of anilines is 1. The first kappa shape index (κ1) is 15.8. The first-order chi connectivity index (χ1) is 11.2. The van der Waals surface area contributed by atoms with Crippen LogP contribution >= 0.6 is 0 Å². The highest BCUT2D eigenvalue weighted by molar-refractivity contribution is 5.55. The maximum absolute atomic E-state index is 13.8. The maximum Gasteiger partial charge on any atom is 0.220 e. The average molecular weight is 316 g/mol. The van der Waals surface area contributed by atoms with Gasteiger partial charge in [-0.3, -0.25) is 9.88 Å². The topological polar surface area (TPSA) is 71.2 Å². The Balaban J connectivity index is 1.67. The van der Waals surface area contributed by atoms with Gasteiger partial charge in [-0.25, -0.2) is 14.4 Å². The van der Waals surface area contributed by atoms with Crippen LogP contribution in [-0.2, 0) is 6.54 Å². The predicted octanol–water partition coefficient (Wildman–Crippen LogP) is 1.40. The second kappa shape index (κ2) is 6.97. The van der Waals surface area contributed by atoms with Crippen LogP contribution in [0.15, 0.2) is 24.5 Å². The lowest BCUT2D eigenvalue weighted by Crippen LogP contribution is -2.45. The van der Waals surface area contributed by atoms with E-state index in [2.05, 4.69) is 31.7 Å². The van der Waals surface area contributed by atoms with Gasteiger partial charge in [0.2, 0.25) is 5.95 Å². The number of hydrogen-bond acceptors (Lipinski definition) is 6. The summed E-state index contributed by atoms with van der Waals surface area (Å²) in [5.41, 5.74) is 7.23. The molecule has 7 heteroatoms. The van der Waals surface area contributed by atoms with Crippen LogP contribution in [0.25, 0.3) is 11.4 Å². The summed E-state index contributed by atoms with van der Waals surface area (Å²) in [6.45, 7) is 8.49. The lowest BCUT2D eigenvalue weighted by Gasteiger charge is -2.33. The summed E-state index contributed by atoms with van der Waals surface area (Å²) >= 11 is 0. The number of nitrogens with zero attached hydrogens (tertiary/aromatic N) is 5. The van der Waals surface area contributed by atoms with Crippen LogP contribution in [0, 0.1) is 5.82 Å². The summed E-state index contributed by atoms with van der Waals surface area (Å²) in [6, 6.07) is 3.74. The molecule has 0 atom stereocenters. The van der Waals surface area contributed by atoms with Gasteiger partial charge in [-0.2, -0.15) is 0 Å². The number of rotatable bonds is 4. The number of pyridine rings is 1. The largest absolute Gasteiger partial charge is 0.368 e. The number of piperazine rings is 1. The molecule has 0 spiro atoms. The third kappa shape index (κ3) is 3.80. The molecule has 3 rings (SSSR count). The van der Waals surface area contributed by atoms with Gasteiger partial charge in [0.25, 0.3) is 0 Å². The third-order valence-corrected chi connectivity index (χ3v) is 4.15. The third-order valence-electron chi connectivity index (χ3n) is 4.15. The molecule has 23 heavy (non-hydrogen) atoms. The van der Waals surface area contributed by atoms with E-state index < -0.39 is 5.82 Å². The molecule has 3 heterocycles. The molecule has 2 N–H and O–H groups in total. The Morgan fingerprint density at radius 3 is 2.48 bits per heavy atom. The minimum Gasteiger partial charge on any atom is -0.368 e. The Labute approximate surface area is 135 Å². The zero-order valence-corrected chi connectivity index (χ0v) is 13.2. The molecule has 2 aromatic heterocycles. The second-order valence-electron chi connectivity index (χ2n) is 5.69. The fourth-order valence-electron chi connectivity index (χ4n) is 2.74. The molecule has 0 amide bonds. The highest BCUT2D eigenvalue weighted by atomic mass is 19.1. The van der Waals surface area contributed by atoms with Gasteiger partial charge in [0.1, 0.15) is 5.69 Å². The van der Waals surface area contributed by atoms with E-state index in [1.807, 2.05) is 6.07 Å². The number of aromatic nitrogens is 3. The van der Waals surface area contributed by atoms with E-state index in [1.165, 1.54) is 0 Å². The van der Waals surface area contributed by atoms with Gasteiger partial charge in [-0.15, -0.1) is 0 Å². The second-order valence-corrected chi connectivity index (χ2v) is 5.69. The Hall–Kier alpha value is -2.12. The van der Waals surface area contributed by atoms with Crippen LogP contribution in [0.1, 0.15) is 12.5 Å².